The fraction of sp³-hybridized carbons (Fsp3) is 0.913. The Bertz CT molecular complexity index is 430. The van der Waals surface area contributed by atoms with Gasteiger partial charge in [-0.1, -0.05) is 57.8 Å². The van der Waals surface area contributed by atoms with Crippen LogP contribution in [0.25, 0.3) is 0 Å². The average molecular weight is 510 g/mol. The number of hydrogen-bond donors (Lipinski definition) is 0. The Morgan fingerprint density at radius 3 is 1.86 bits per heavy atom. The van der Waals surface area contributed by atoms with Gasteiger partial charge in [0.25, 0.3) is 0 Å². The molecule has 0 aliphatic carbocycles. The fourth-order valence-corrected chi connectivity index (χ4v) is 4.28. The summed E-state index contributed by atoms with van der Waals surface area (Å²) in [6.45, 7) is 5.37. The van der Waals surface area contributed by atoms with Crippen LogP contribution in [0, 0.1) is 0 Å². The zero-order chi connectivity index (χ0) is 20.1. The average Bonchev–Trinajstić information content (AvgIpc) is 2.61. The highest BCUT2D eigenvalue weighted by molar-refractivity contribution is 14.0. The molecular formula is C23H44INO3. The monoisotopic (exact) mass is 509 g/mol. The highest BCUT2D eigenvalue weighted by Gasteiger charge is 2.33. The van der Waals surface area contributed by atoms with Crippen molar-refractivity contribution < 1.29 is 14.3 Å². The van der Waals surface area contributed by atoms with Crippen LogP contribution in [0.15, 0.2) is 0 Å². The van der Waals surface area contributed by atoms with Crippen LogP contribution in [0.5, 0.6) is 0 Å². The highest BCUT2D eigenvalue weighted by Crippen LogP contribution is 2.27. The molecule has 166 valence electrons. The number of Topliss-reactive ketones (excluding diaryl/α,β-unsaturated/α-hetero) is 1. The number of piperidine rings is 1. The van der Waals surface area contributed by atoms with E-state index in [0.717, 1.165) is 25.7 Å². The number of carbonyl (C=O) groups excluding carboxylic acids is 2. The predicted molar refractivity (Wildman–Crippen MR) is 127 cm³/mol. The van der Waals surface area contributed by atoms with Crippen molar-refractivity contribution in [2.75, 3.05) is 7.05 Å². The largest absolute Gasteiger partial charge is 0.461 e. The second-order valence-electron chi connectivity index (χ2n) is 8.56. The Balaban J connectivity index is 0.00000729. The molecular weight excluding hydrogens is 465 g/mol. The van der Waals surface area contributed by atoms with Crippen molar-refractivity contribution in [1.29, 1.82) is 0 Å². The van der Waals surface area contributed by atoms with E-state index in [2.05, 4.69) is 18.9 Å². The third kappa shape index (κ3) is 12.4. The van der Waals surface area contributed by atoms with Gasteiger partial charge in [0.05, 0.1) is 0 Å². The van der Waals surface area contributed by atoms with Gasteiger partial charge in [-0.05, 0) is 46.6 Å². The number of ether oxygens (including phenoxy) is 1. The van der Waals surface area contributed by atoms with E-state index < -0.39 is 0 Å². The number of nitrogens with zero attached hydrogens (tertiary/aromatic N) is 1. The number of esters is 1. The maximum Gasteiger partial charge on any atom is 0.302 e. The number of likely N-dealkylation sites (N-methyl/N-ethyl adjacent to an activating group) is 1. The maximum atomic E-state index is 11.2. The molecule has 0 amide bonds. The zero-order valence-electron chi connectivity index (χ0n) is 18.7. The summed E-state index contributed by atoms with van der Waals surface area (Å²) in [7, 11) is 2.18. The minimum absolute atomic E-state index is 0. The van der Waals surface area contributed by atoms with E-state index in [9.17, 15) is 9.59 Å². The summed E-state index contributed by atoms with van der Waals surface area (Å²) in [6, 6.07) is 0.963. The summed E-state index contributed by atoms with van der Waals surface area (Å²) in [5.41, 5.74) is 0. The standard InChI is InChI=1S/C23H43NO3.HI/c1-19(25)15-13-11-9-7-5-6-8-10-12-14-16-22-17-18-23(27-21(3)26)20(2)24(22)4;/h20,22-23H,5-18H2,1-4H3;1H/t20-,22+,23-;/m1./s1. The molecule has 0 saturated carbocycles. The molecule has 1 saturated heterocycles. The van der Waals surface area contributed by atoms with Gasteiger partial charge in [-0.25, -0.2) is 0 Å². The van der Waals surface area contributed by atoms with Crippen molar-refractivity contribution in [3.8, 4) is 0 Å². The molecule has 1 aliphatic rings. The molecule has 0 radical (unpaired) electrons. The number of ketones is 1. The second kappa shape index (κ2) is 16.6. The Morgan fingerprint density at radius 2 is 1.36 bits per heavy atom. The normalized spacial score (nSPS) is 22.5. The number of likely N-dealkylation sites (tertiary alicyclic amines) is 1. The van der Waals surface area contributed by atoms with E-state index >= 15 is 0 Å². The quantitative estimate of drug-likeness (QED) is 0.157. The molecule has 0 N–H and O–H groups in total. The first-order chi connectivity index (χ1) is 12.9. The Morgan fingerprint density at radius 1 is 0.857 bits per heavy atom. The van der Waals surface area contributed by atoms with Gasteiger partial charge in [0, 0.05) is 25.4 Å². The van der Waals surface area contributed by atoms with E-state index in [-0.39, 0.29) is 36.0 Å². The molecule has 1 heterocycles. The van der Waals surface area contributed by atoms with E-state index in [1.165, 1.54) is 71.1 Å². The Hall–Kier alpha value is -0.170. The summed E-state index contributed by atoms with van der Waals surface area (Å²) in [5, 5.41) is 0. The van der Waals surface area contributed by atoms with Crippen LogP contribution in [0.4, 0.5) is 0 Å². The van der Waals surface area contributed by atoms with Gasteiger partial charge in [0.1, 0.15) is 11.9 Å². The zero-order valence-corrected chi connectivity index (χ0v) is 21.0. The lowest BCUT2D eigenvalue weighted by atomic mass is 9.91. The number of halogens is 1. The van der Waals surface area contributed by atoms with Crippen LogP contribution in [0.2, 0.25) is 0 Å². The Labute approximate surface area is 190 Å². The van der Waals surface area contributed by atoms with Crippen molar-refractivity contribution >= 4 is 35.7 Å². The van der Waals surface area contributed by atoms with Crippen LogP contribution < -0.4 is 0 Å². The van der Waals surface area contributed by atoms with Crippen molar-refractivity contribution in [1.82, 2.24) is 4.90 Å². The highest BCUT2D eigenvalue weighted by atomic mass is 127. The van der Waals surface area contributed by atoms with Crippen molar-refractivity contribution in [3.05, 3.63) is 0 Å². The van der Waals surface area contributed by atoms with Crippen molar-refractivity contribution in [3.63, 3.8) is 0 Å². The molecule has 4 nitrogen and oxygen atoms in total. The molecule has 0 unspecified atom stereocenters. The summed E-state index contributed by atoms with van der Waals surface area (Å²) in [6.07, 6.45) is 17.2. The molecule has 3 atom stereocenters. The van der Waals surface area contributed by atoms with Crippen LogP contribution >= 0.6 is 24.0 Å². The first kappa shape index (κ1) is 27.8. The number of carbonyl (C=O) groups is 2. The minimum Gasteiger partial charge on any atom is -0.461 e. The molecule has 0 spiro atoms. The SMILES string of the molecule is CC(=O)CCCCCCCCCCCC[C@H]1CC[C@@H](OC(C)=O)[C@@H](C)N1C.I. The second-order valence-corrected chi connectivity index (χ2v) is 8.56. The molecule has 28 heavy (non-hydrogen) atoms. The maximum absolute atomic E-state index is 11.2. The van der Waals surface area contributed by atoms with Crippen LogP contribution in [0.3, 0.4) is 0 Å². The third-order valence-corrected chi connectivity index (χ3v) is 6.17. The number of unbranched alkanes of at least 4 members (excludes halogenated alkanes) is 9. The Kier molecular flexibility index (Phi) is 16.5. The van der Waals surface area contributed by atoms with Gasteiger partial charge in [-0.2, -0.15) is 0 Å². The summed E-state index contributed by atoms with van der Waals surface area (Å²) in [4.78, 5) is 24.5. The van der Waals surface area contributed by atoms with E-state index in [0.29, 0.717) is 17.9 Å². The predicted octanol–water partition coefficient (Wildman–Crippen LogP) is 6.29. The molecule has 0 aromatic heterocycles. The van der Waals surface area contributed by atoms with Crippen molar-refractivity contribution in [2.24, 2.45) is 0 Å². The first-order valence-electron chi connectivity index (χ1n) is 11.3. The lowest BCUT2D eigenvalue weighted by Gasteiger charge is -2.42. The molecule has 1 rings (SSSR count). The molecule has 5 heteroatoms. The van der Waals surface area contributed by atoms with Gasteiger partial charge in [-0.15, -0.1) is 24.0 Å². The van der Waals surface area contributed by atoms with Crippen LogP contribution in [-0.2, 0) is 14.3 Å². The van der Waals surface area contributed by atoms with Crippen LogP contribution in [0.1, 0.15) is 111 Å². The van der Waals surface area contributed by atoms with Gasteiger partial charge >= 0.3 is 5.97 Å². The van der Waals surface area contributed by atoms with Gasteiger partial charge in [-0.3, -0.25) is 9.69 Å². The first-order valence-corrected chi connectivity index (χ1v) is 11.3. The smallest absolute Gasteiger partial charge is 0.302 e. The summed E-state index contributed by atoms with van der Waals surface area (Å²) in [5.74, 6) is 0.169. The van der Waals surface area contributed by atoms with Crippen LogP contribution in [-0.4, -0.2) is 41.9 Å². The molecule has 0 bridgehead atoms. The van der Waals surface area contributed by atoms with Gasteiger partial charge < -0.3 is 9.53 Å². The third-order valence-electron chi connectivity index (χ3n) is 6.17. The van der Waals surface area contributed by atoms with E-state index in [1.807, 2.05) is 0 Å². The molecule has 0 aromatic rings. The van der Waals surface area contributed by atoms with E-state index in [4.69, 9.17) is 4.74 Å². The fourth-order valence-electron chi connectivity index (χ4n) is 4.28. The summed E-state index contributed by atoms with van der Waals surface area (Å²) >= 11 is 0. The topological polar surface area (TPSA) is 46.6 Å². The lowest BCUT2D eigenvalue weighted by Crippen LogP contribution is -2.51. The van der Waals surface area contributed by atoms with E-state index in [1.54, 1.807) is 6.92 Å². The molecule has 1 fully saturated rings. The van der Waals surface area contributed by atoms with Crippen molar-refractivity contribution in [2.45, 2.75) is 129 Å². The molecule has 1 aliphatic heterocycles. The number of rotatable bonds is 14. The molecule has 0 aromatic carbocycles. The summed E-state index contributed by atoms with van der Waals surface area (Å²) < 4.78 is 5.45. The lowest BCUT2D eigenvalue weighted by molar-refractivity contribution is -0.153. The van der Waals surface area contributed by atoms with Gasteiger partial charge in [0.15, 0.2) is 0 Å². The van der Waals surface area contributed by atoms with Gasteiger partial charge in [0.2, 0.25) is 0 Å². The minimum atomic E-state index is -0.158. The number of hydrogen-bond acceptors (Lipinski definition) is 4.